The van der Waals surface area contributed by atoms with E-state index in [0.717, 1.165) is 10.5 Å². The molecule has 2 aromatic carbocycles. The SMILES string of the molecule is O=C1C=C(Br)C(=O)C2=C1C(c1ccccc1OCCO)C1=CCC3C(=O)N(c4cccc(C(=O)O)c4)C(=O)C3C1C2. The highest BCUT2D eigenvalue weighted by Crippen LogP contribution is 2.56. The number of benzene rings is 2. The van der Waals surface area contributed by atoms with Gasteiger partial charge in [0.1, 0.15) is 12.4 Å². The molecule has 0 aromatic heterocycles. The predicted molar refractivity (Wildman–Crippen MR) is 149 cm³/mol. The summed E-state index contributed by atoms with van der Waals surface area (Å²) in [4.78, 5) is 67.1. The standard InChI is InChI=1S/C31H24BrNO8/c32-22-14-23(35)27-21(28(22)36)13-20-17(25(27)18-6-1-2-7-24(18)41-11-10-34)8-9-19-26(20)30(38)33(29(19)37)16-5-3-4-15(12-16)31(39)40/h1-8,12,14,19-20,25-26,34H,9-11,13H2,(H,39,40). The number of fused-ring (bicyclic) bond motifs is 3. The Hall–Kier alpha value is -4.15. The van der Waals surface area contributed by atoms with Crippen molar-refractivity contribution in [3.63, 3.8) is 0 Å². The highest BCUT2D eigenvalue weighted by molar-refractivity contribution is 9.12. The Morgan fingerprint density at radius 1 is 1.02 bits per heavy atom. The first-order chi connectivity index (χ1) is 19.7. The zero-order valence-electron chi connectivity index (χ0n) is 21.6. The Morgan fingerprint density at radius 3 is 2.56 bits per heavy atom. The number of carbonyl (C=O) groups is 5. The number of hydrogen-bond donors (Lipinski definition) is 2. The number of carbonyl (C=O) groups excluding carboxylic acids is 4. The fourth-order valence-electron chi connectivity index (χ4n) is 6.60. The lowest BCUT2D eigenvalue weighted by Crippen LogP contribution is -2.39. The lowest BCUT2D eigenvalue weighted by atomic mass is 9.59. The number of halogens is 1. The summed E-state index contributed by atoms with van der Waals surface area (Å²) in [5, 5.41) is 18.8. The first kappa shape index (κ1) is 27.0. The number of anilines is 1. The van der Waals surface area contributed by atoms with Gasteiger partial charge in [-0.2, -0.15) is 0 Å². The summed E-state index contributed by atoms with van der Waals surface area (Å²) in [6.07, 6.45) is 3.51. The molecule has 1 saturated heterocycles. The van der Waals surface area contributed by atoms with Crippen LogP contribution in [0.1, 0.15) is 34.7 Å². The third-order valence-corrected chi connectivity index (χ3v) is 8.85. The van der Waals surface area contributed by atoms with Crippen molar-refractivity contribution in [2.24, 2.45) is 17.8 Å². The maximum Gasteiger partial charge on any atom is 0.335 e. The number of allylic oxidation sites excluding steroid dienone is 6. The zero-order chi connectivity index (χ0) is 29.0. The minimum Gasteiger partial charge on any atom is -0.491 e. The number of aromatic carboxylic acids is 1. The first-order valence-electron chi connectivity index (χ1n) is 13.2. The van der Waals surface area contributed by atoms with E-state index in [4.69, 9.17) is 4.74 Å². The van der Waals surface area contributed by atoms with Gasteiger partial charge < -0.3 is 14.9 Å². The van der Waals surface area contributed by atoms with Crippen LogP contribution in [0.3, 0.4) is 0 Å². The van der Waals surface area contributed by atoms with Crippen LogP contribution in [-0.2, 0) is 19.2 Å². The highest BCUT2D eigenvalue weighted by atomic mass is 79.9. The molecular formula is C31H24BrNO8. The second-order valence-corrected chi connectivity index (χ2v) is 11.2. The van der Waals surface area contributed by atoms with Crippen LogP contribution in [0, 0.1) is 17.8 Å². The number of aliphatic hydroxyl groups is 1. The number of rotatable bonds is 6. The number of nitrogens with zero attached hydrogens (tertiary/aromatic N) is 1. The Kier molecular flexibility index (Phi) is 6.83. The van der Waals surface area contributed by atoms with E-state index >= 15 is 0 Å². The van der Waals surface area contributed by atoms with E-state index in [1.807, 2.05) is 6.08 Å². The van der Waals surface area contributed by atoms with Crippen LogP contribution in [0.2, 0.25) is 0 Å². The second-order valence-electron chi connectivity index (χ2n) is 10.4. The number of carboxylic acid groups (broad SMARTS) is 1. The van der Waals surface area contributed by atoms with Gasteiger partial charge in [-0.25, -0.2) is 4.79 Å². The molecule has 0 saturated carbocycles. The van der Waals surface area contributed by atoms with Crippen molar-refractivity contribution in [2.45, 2.75) is 18.8 Å². The average Bonchev–Trinajstić information content (AvgIpc) is 3.23. The minimum atomic E-state index is -1.18. The molecule has 4 aliphatic rings. The minimum absolute atomic E-state index is 0.0263. The van der Waals surface area contributed by atoms with Crippen LogP contribution in [0.5, 0.6) is 5.75 Å². The van der Waals surface area contributed by atoms with E-state index in [1.165, 1.54) is 30.3 Å². The van der Waals surface area contributed by atoms with Gasteiger partial charge in [0.15, 0.2) is 11.6 Å². The summed E-state index contributed by atoms with van der Waals surface area (Å²) in [6.45, 7) is -0.191. The van der Waals surface area contributed by atoms with Gasteiger partial charge in [0.2, 0.25) is 11.8 Å². The first-order valence-corrected chi connectivity index (χ1v) is 13.9. The number of aliphatic hydroxyl groups excluding tert-OH is 1. The van der Waals surface area contributed by atoms with Crippen molar-refractivity contribution in [3.8, 4) is 5.75 Å². The molecule has 208 valence electrons. The Morgan fingerprint density at radius 2 is 1.80 bits per heavy atom. The van der Waals surface area contributed by atoms with Gasteiger partial charge >= 0.3 is 5.97 Å². The van der Waals surface area contributed by atoms with Gasteiger partial charge in [-0.15, -0.1) is 0 Å². The summed E-state index contributed by atoms with van der Waals surface area (Å²) >= 11 is 3.22. The quantitative estimate of drug-likeness (QED) is 0.284. The normalized spacial score (nSPS) is 25.4. The van der Waals surface area contributed by atoms with E-state index in [0.29, 0.717) is 22.5 Å². The predicted octanol–water partition coefficient (Wildman–Crippen LogP) is 3.72. The molecule has 2 aromatic rings. The molecule has 10 heteroatoms. The second kappa shape index (κ2) is 10.4. The monoisotopic (exact) mass is 617 g/mol. The fraction of sp³-hybridized carbons (Fsp3) is 0.258. The largest absolute Gasteiger partial charge is 0.491 e. The molecule has 2 amide bonds. The number of ether oxygens (including phenoxy) is 1. The average molecular weight is 618 g/mol. The van der Waals surface area contributed by atoms with E-state index in [9.17, 15) is 34.2 Å². The van der Waals surface area contributed by atoms with Crippen molar-refractivity contribution in [2.75, 3.05) is 18.1 Å². The lowest BCUT2D eigenvalue weighted by Gasteiger charge is -2.42. The molecule has 0 bridgehead atoms. The number of ketones is 2. The molecule has 41 heavy (non-hydrogen) atoms. The van der Waals surface area contributed by atoms with Gasteiger partial charge in [-0.3, -0.25) is 24.1 Å². The van der Waals surface area contributed by atoms with Crippen molar-refractivity contribution in [3.05, 3.63) is 93.0 Å². The van der Waals surface area contributed by atoms with Crippen LogP contribution >= 0.6 is 15.9 Å². The van der Waals surface area contributed by atoms with Crippen LogP contribution in [0.4, 0.5) is 5.69 Å². The van der Waals surface area contributed by atoms with E-state index in [2.05, 4.69) is 15.9 Å². The smallest absolute Gasteiger partial charge is 0.335 e. The third kappa shape index (κ3) is 4.29. The summed E-state index contributed by atoms with van der Waals surface area (Å²) in [5.74, 6) is -5.03. The van der Waals surface area contributed by atoms with Crippen LogP contribution in [-0.4, -0.2) is 52.8 Å². The van der Waals surface area contributed by atoms with Crippen molar-refractivity contribution < 1.29 is 38.9 Å². The Bertz CT molecular complexity index is 1640. The molecule has 4 atom stereocenters. The van der Waals surface area contributed by atoms with Gasteiger partial charge in [-0.05, 0) is 59.0 Å². The molecule has 4 unspecified atom stereocenters. The fourth-order valence-corrected chi connectivity index (χ4v) is 7.05. The van der Waals surface area contributed by atoms with Crippen molar-refractivity contribution >= 4 is 51.0 Å². The zero-order valence-corrected chi connectivity index (χ0v) is 23.2. The number of carboxylic acids is 1. The molecule has 9 nitrogen and oxygen atoms in total. The van der Waals surface area contributed by atoms with Gasteiger partial charge in [0.05, 0.1) is 34.2 Å². The summed E-state index contributed by atoms with van der Waals surface area (Å²) < 4.78 is 5.94. The van der Waals surface area contributed by atoms with Crippen LogP contribution in [0.15, 0.2) is 81.9 Å². The molecule has 3 aliphatic carbocycles. The molecule has 2 N–H and O–H groups in total. The van der Waals surface area contributed by atoms with Crippen molar-refractivity contribution in [1.29, 1.82) is 0 Å². The number of amides is 2. The number of imide groups is 1. The summed E-state index contributed by atoms with van der Waals surface area (Å²) in [7, 11) is 0. The molecule has 0 spiro atoms. The molecule has 1 fully saturated rings. The van der Waals surface area contributed by atoms with Gasteiger partial charge in [-0.1, -0.05) is 35.9 Å². The Labute approximate surface area is 242 Å². The summed E-state index contributed by atoms with van der Waals surface area (Å²) in [5.41, 5.74) is 2.13. The number of para-hydroxylation sites is 1. The molecule has 1 heterocycles. The van der Waals surface area contributed by atoms with Gasteiger partial charge in [0.25, 0.3) is 0 Å². The third-order valence-electron chi connectivity index (χ3n) is 8.26. The maximum absolute atomic E-state index is 14.0. The van der Waals surface area contributed by atoms with E-state index in [-0.39, 0.29) is 53.4 Å². The maximum atomic E-state index is 14.0. The number of Topliss-reactive ketones (excluding diaryl/α,β-unsaturated/α-hetero) is 1. The molecular weight excluding hydrogens is 594 g/mol. The molecule has 6 rings (SSSR count). The highest BCUT2D eigenvalue weighted by Gasteiger charge is 2.57. The van der Waals surface area contributed by atoms with Gasteiger partial charge in [0, 0.05) is 28.7 Å². The van der Waals surface area contributed by atoms with Crippen LogP contribution in [0.25, 0.3) is 0 Å². The summed E-state index contributed by atoms with van der Waals surface area (Å²) in [6, 6.07) is 12.8. The van der Waals surface area contributed by atoms with E-state index < -0.39 is 41.5 Å². The molecule has 0 radical (unpaired) electrons. The number of hydrogen-bond acceptors (Lipinski definition) is 7. The lowest BCUT2D eigenvalue weighted by molar-refractivity contribution is -0.123. The topological polar surface area (TPSA) is 138 Å². The van der Waals surface area contributed by atoms with Crippen molar-refractivity contribution in [1.82, 2.24) is 0 Å². The Balaban J connectivity index is 1.48. The van der Waals surface area contributed by atoms with Crippen LogP contribution < -0.4 is 9.64 Å². The van der Waals surface area contributed by atoms with E-state index in [1.54, 1.807) is 24.3 Å². The molecule has 1 aliphatic heterocycles.